The molecular weight excluding hydrogens is 326 g/mol. The molecule has 24 heavy (non-hydrogen) atoms. The first kappa shape index (κ1) is 17.9. The normalized spacial score (nSPS) is 11.6. The molecule has 2 aromatic rings. The molecule has 2 rings (SSSR count). The van der Waals surface area contributed by atoms with Crippen molar-refractivity contribution in [2.75, 3.05) is 19.6 Å². The molecule has 0 spiro atoms. The lowest BCUT2D eigenvalue weighted by atomic mass is 10.2. The minimum absolute atomic E-state index is 0.166. The van der Waals surface area contributed by atoms with Crippen molar-refractivity contribution < 1.29 is 9.59 Å². The van der Waals surface area contributed by atoms with Gasteiger partial charge in [0.05, 0.1) is 10.6 Å². The Bertz CT molecular complexity index is 674. The molecule has 0 saturated carbocycles. The first-order valence-electron chi connectivity index (χ1n) is 7.68. The number of nitrogens with one attached hydrogen (secondary N) is 3. The Kier molecular flexibility index (Phi) is 6.68. The van der Waals surface area contributed by atoms with Crippen LogP contribution in [0.5, 0.6) is 0 Å². The lowest BCUT2D eigenvalue weighted by molar-refractivity contribution is 0.0953. The number of nitrogens with zero attached hydrogens (tertiary/aromatic N) is 2. The van der Waals surface area contributed by atoms with Crippen LogP contribution in [0.15, 0.2) is 29.9 Å². The zero-order valence-electron chi connectivity index (χ0n) is 13.7. The molecule has 0 aliphatic carbocycles. The van der Waals surface area contributed by atoms with E-state index in [9.17, 15) is 9.59 Å². The first-order valence-corrected chi connectivity index (χ1v) is 8.56. The van der Waals surface area contributed by atoms with Gasteiger partial charge in [-0.2, -0.15) is 0 Å². The van der Waals surface area contributed by atoms with Crippen LogP contribution in [0.1, 0.15) is 33.9 Å². The monoisotopic (exact) mass is 347 g/mol. The summed E-state index contributed by atoms with van der Waals surface area (Å²) in [6, 6.07) is 3.13. The second-order valence-corrected chi connectivity index (χ2v) is 6.25. The minimum atomic E-state index is -0.259. The van der Waals surface area contributed by atoms with Crippen LogP contribution in [0.4, 0.5) is 4.79 Å². The van der Waals surface area contributed by atoms with Gasteiger partial charge in [0.2, 0.25) is 0 Å². The summed E-state index contributed by atoms with van der Waals surface area (Å²) in [5.41, 5.74) is 1.49. The molecule has 1 unspecified atom stereocenters. The maximum absolute atomic E-state index is 11.8. The molecule has 2 heterocycles. The Hall–Kier alpha value is -2.48. The molecule has 0 fully saturated rings. The van der Waals surface area contributed by atoms with Gasteiger partial charge in [-0.05, 0) is 19.1 Å². The van der Waals surface area contributed by atoms with E-state index in [1.165, 1.54) is 6.20 Å². The maximum atomic E-state index is 11.8. The van der Waals surface area contributed by atoms with Crippen molar-refractivity contribution in [2.45, 2.75) is 19.8 Å². The largest absolute Gasteiger partial charge is 0.350 e. The molecule has 2 aromatic heterocycles. The zero-order chi connectivity index (χ0) is 17.4. The summed E-state index contributed by atoms with van der Waals surface area (Å²) in [7, 11) is 0. The standard InChI is InChI=1S/C16H21N5O2S/c1-11(15-21-12(2)10-24-15)8-20-16(23)19-7-6-18-14(22)13-4-3-5-17-9-13/h3-5,9-11H,6-8H2,1-2H3,(H,18,22)(H2,19,20,23). The Morgan fingerprint density at radius 3 is 2.71 bits per heavy atom. The van der Waals surface area contributed by atoms with E-state index < -0.39 is 0 Å². The molecule has 0 saturated heterocycles. The van der Waals surface area contributed by atoms with Gasteiger partial charge in [-0.1, -0.05) is 6.92 Å². The highest BCUT2D eigenvalue weighted by atomic mass is 32.1. The SMILES string of the molecule is Cc1csc(C(C)CNC(=O)NCCNC(=O)c2cccnc2)n1. The summed E-state index contributed by atoms with van der Waals surface area (Å²) in [5, 5.41) is 11.2. The Balaban J connectivity index is 1.60. The number of aromatic nitrogens is 2. The van der Waals surface area contributed by atoms with E-state index in [4.69, 9.17) is 0 Å². The maximum Gasteiger partial charge on any atom is 0.314 e. The van der Waals surface area contributed by atoms with Crippen LogP contribution in [-0.2, 0) is 0 Å². The van der Waals surface area contributed by atoms with Gasteiger partial charge in [-0.25, -0.2) is 9.78 Å². The quantitative estimate of drug-likeness (QED) is 0.664. The third kappa shape index (κ3) is 5.62. The summed E-state index contributed by atoms with van der Waals surface area (Å²) < 4.78 is 0. The molecule has 3 amide bonds. The fraction of sp³-hybridized carbons (Fsp3) is 0.375. The third-order valence-corrected chi connectivity index (χ3v) is 4.44. The Morgan fingerprint density at radius 1 is 1.25 bits per heavy atom. The van der Waals surface area contributed by atoms with Gasteiger partial charge in [0.25, 0.3) is 5.91 Å². The van der Waals surface area contributed by atoms with Gasteiger partial charge in [-0.3, -0.25) is 9.78 Å². The average molecular weight is 347 g/mol. The van der Waals surface area contributed by atoms with E-state index in [0.29, 0.717) is 25.2 Å². The van der Waals surface area contributed by atoms with E-state index in [1.807, 2.05) is 19.2 Å². The highest BCUT2D eigenvalue weighted by Crippen LogP contribution is 2.18. The second kappa shape index (κ2) is 8.97. The average Bonchev–Trinajstić information content (AvgIpc) is 3.03. The van der Waals surface area contributed by atoms with E-state index >= 15 is 0 Å². The predicted molar refractivity (Wildman–Crippen MR) is 93.2 cm³/mol. The fourth-order valence-electron chi connectivity index (χ4n) is 1.95. The number of amides is 3. The summed E-state index contributed by atoms with van der Waals surface area (Å²) >= 11 is 1.60. The van der Waals surface area contributed by atoms with Gasteiger partial charge < -0.3 is 16.0 Å². The number of aryl methyl sites for hydroxylation is 1. The number of carbonyl (C=O) groups is 2. The van der Waals surface area contributed by atoms with Gasteiger partial charge in [0.1, 0.15) is 0 Å². The van der Waals surface area contributed by atoms with E-state index in [2.05, 4.69) is 25.9 Å². The zero-order valence-corrected chi connectivity index (χ0v) is 14.5. The summed E-state index contributed by atoms with van der Waals surface area (Å²) in [4.78, 5) is 31.8. The number of carbonyl (C=O) groups excluding carboxylic acids is 2. The van der Waals surface area contributed by atoms with E-state index in [0.717, 1.165) is 10.7 Å². The molecule has 128 valence electrons. The third-order valence-electron chi connectivity index (χ3n) is 3.25. The molecule has 1 atom stereocenters. The van der Waals surface area contributed by atoms with Crippen molar-refractivity contribution in [2.24, 2.45) is 0 Å². The highest BCUT2D eigenvalue weighted by molar-refractivity contribution is 7.09. The molecule has 0 aliphatic rings. The van der Waals surface area contributed by atoms with Crippen molar-refractivity contribution in [1.29, 1.82) is 0 Å². The number of pyridine rings is 1. The van der Waals surface area contributed by atoms with Crippen LogP contribution < -0.4 is 16.0 Å². The van der Waals surface area contributed by atoms with Gasteiger partial charge in [0, 0.05) is 49.0 Å². The second-order valence-electron chi connectivity index (χ2n) is 5.36. The number of thiazole rings is 1. The molecule has 0 radical (unpaired) electrons. The number of hydrogen-bond acceptors (Lipinski definition) is 5. The summed E-state index contributed by atoms with van der Waals surface area (Å²) in [6.07, 6.45) is 3.11. The Labute approximate surface area is 144 Å². The van der Waals surface area contributed by atoms with E-state index in [-0.39, 0.29) is 17.9 Å². The van der Waals surface area contributed by atoms with Crippen LogP contribution in [0, 0.1) is 6.92 Å². The van der Waals surface area contributed by atoms with Crippen molar-refractivity contribution in [3.05, 3.63) is 46.2 Å². The van der Waals surface area contributed by atoms with E-state index in [1.54, 1.807) is 29.7 Å². The molecule has 0 aromatic carbocycles. The lowest BCUT2D eigenvalue weighted by Crippen LogP contribution is -2.41. The first-order chi connectivity index (χ1) is 11.6. The van der Waals surface area contributed by atoms with Crippen molar-refractivity contribution in [3.8, 4) is 0 Å². The van der Waals surface area contributed by atoms with Crippen LogP contribution in [-0.4, -0.2) is 41.5 Å². The van der Waals surface area contributed by atoms with Crippen LogP contribution in [0.3, 0.4) is 0 Å². The number of urea groups is 1. The molecular formula is C16H21N5O2S. The molecule has 0 aliphatic heterocycles. The topological polar surface area (TPSA) is 96.0 Å². The molecule has 0 bridgehead atoms. The van der Waals surface area contributed by atoms with Crippen LogP contribution >= 0.6 is 11.3 Å². The van der Waals surface area contributed by atoms with Gasteiger partial charge >= 0.3 is 6.03 Å². The summed E-state index contributed by atoms with van der Waals surface area (Å²) in [5.74, 6) is -0.0437. The molecule has 7 nitrogen and oxygen atoms in total. The molecule has 8 heteroatoms. The summed E-state index contributed by atoms with van der Waals surface area (Å²) in [6.45, 7) is 5.19. The lowest BCUT2D eigenvalue weighted by Gasteiger charge is -2.11. The van der Waals surface area contributed by atoms with Crippen LogP contribution in [0.2, 0.25) is 0 Å². The van der Waals surface area contributed by atoms with Crippen molar-refractivity contribution in [3.63, 3.8) is 0 Å². The highest BCUT2D eigenvalue weighted by Gasteiger charge is 2.11. The fourth-order valence-corrected chi connectivity index (χ4v) is 2.80. The van der Waals surface area contributed by atoms with Crippen LogP contribution in [0.25, 0.3) is 0 Å². The van der Waals surface area contributed by atoms with Gasteiger partial charge in [-0.15, -0.1) is 11.3 Å². The minimum Gasteiger partial charge on any atom is -0.350 e. The number of rotatable bonds is 7. The smallest absolute Gasteiger partial charge is 0.314 e. The predicted octanol–water partition coefficient (Wildman–Crippen LogP) is 1.68. The molecule has 3 N–H and O–H groups in total. The number of hydrogen-bond donors (Lipinski definition) is 3. The Morgan fingerprint density at radius 2 is 2.04 bits per heavy atom. The van der Waals surface area contributed by atoms with Crippen molar-refractivity contribution in [1.82, 2.24) is 25.9 Å². The van der Waals surface area contributed by atoms with Gasteiger partial charge in [0.15, 0.2) is 0 Å². The van der Waals surface area contributed by atoms with Crippen molar-refractivity contribution >= 4 is 23.3 Å².